The number of rotatable bonds is 6. The lowest BCUT2D eigenvalue weighted by Gasteiger charge is -2.05. The van der Waals surface area contributed by atoms with E-state index in [1.54, 1.807) is 41.5 Å². The Bertz CT molecular complexity index is 811. The molecule has 8 heteroatoms. The van der Waals surface area contributed by atoms with Crippen LogP contribution in [0, 0.1) is 0 Å². The third kappa shape index (κ3) is 3.85. The molecule has 0 saturated carbocycles. The molecule has 0 radical (unpaired) electrons. The molecular weight excluding hydrogens is 310 g/mol. The fourth-order valence-electron chi connectivity index (χ4n) is 1.96. The van der Waals surface area contributed by atoms with Gasteiger partial charge in [0.05, 0.1) is 6.10 Å². The molecule has 3 heterocycles. The highest BCUT2D eigenvalue weighted by atomic mass is 16.5. The summed E-state index contributed by atoms with van der Waals surface area (Å²) in [5.74, 6) is 1.37. The maximum Gasteiger partial charge on any atom is 0.292 e. The van der Waals surface area contributed by atoms with Crippen molar-refractivity contribution in [1.82, 2.24) is 19.5 Å². The molecule has 1 amide bonds. The summed E-state index contributed by atoms with van der Waals surface area (Å²) in [4.78, 5) is 24.4. The monoisotopic (exact) mass is 327 g/mol. The number of nitrogens with zero attached hydrogens (tertiary/aromatic N) is 4. The smallest absolute Gasteiger partial charge is 0.292 e. The van der Waals surface area contributed by atoms with E-state index in [-0.39, 0.29) is 17.8 Å². The predicted octanol–water partition coefficient (Wildman–Crippen LogP) is 2.43. The first-order valence-corrected chi connectivity index (χ1v) is 7.44. The highest BCUT2D eigenvalue weighted by Crippen LogP contribution is 2.13. The number of amides is 1. The van der Waals surface area contributed by atoms with Gasteiger partial charge >= 0.3 is 0 Å². The van der Waals surface area contributed by atoms with Gasteiger partial charge in [-0.05, 0) is 26.0 Å². The van der Waals surface area contributed by atoms with E-state index >= 15 is 0 Å². The second kappa shape index (κ2) is 7.05. The molecule has 0 atom stereocenters. The first kappa shape index (κ1) is 15.9. The van der Waals surface area contributed by atoms with E-state index in [2.05, 4.69) is 20.3 Å². The van der Waals surface area contributed by atoms with E-state index in [1.165, 1.54) is 6.33 Å². The zero-order valence-electron chi connectivity index (χ0n) is 13.3. The lowest BCUT2D eigenvalue weighted by molar-refractivity contribution is 0.0537. The molecule has 0 fully saturated rings. The number of carbonyl (C=O) groups is 1. The molecule has 0 bridgehead atoms. The van der Waals surface area contributed by atoms with Gasteiger partial charge in [-0.2, -0.15) is 0 Å². The fourth-order valence-corrected chi connectivity index (χ4v) is 1.96. The Labute approximate surface area is 138 Å². The summed E-state index contributed by atoms with van der Waals surface area (Å²) in [6.07, 6.45) is 6.47. The van der Waals surface area contributed by atoms with Crippen molar-refractivity contribution in [2.45, 2.75) is 26.6 Å². The minimum atomic E-state index is -0.388. The summed E-state index contributed by atoms with van der Waals surface area (Å²) in [6.45, 7) is 4.19. The van der Waals surface area contributed by atoms with Crippen LogP contribution in [-0.4, -0.2) is 31.5 Å². The van der Waals surface area contributed by atoms with Crippen molar-refractivity contribution in [1.29, 1.82) is 0 Å². The zero-order chi connectivity index (χ0) is 16.9. The molecule has 0 spiro atoms. The lowest BCUT2D eigenvalue weighted by atomic mass is 10.4. The van der Waals surface area contributed by atoms with Crippen LogP contribution in [0.25, 0.3) is 5.82 Å². The molecule has 0 aliphatic rings. The minimum Gasteiger partial charge on any atom is -0.453 e. The number of ether oxygens (including phenoxy) is 1. The normalized spacial score (nSPS) is 11.0. The Kier molecular flexibility index (Phi) is 4.66. The van der Waals surface area contributed by atoms with E-state index in [1.807, 2.05) is 13.8 Å². The first-order valence-electron chi connectivity index (χ1n) is 7.44. The van der Waals surface area contributed by atoms with Crippen molar-refractivity contribution >= 4 is 11.7 Å². The van der Waals surface area contributed by atoms with Gasteiger partial charge in [-0.25, -0.2) is 15.0 Å². The Morgan fingerprint density at radius 1 is 1.38 bits per heavy atom. The van der Waals surface area contributed by atoms with E-state index in [0.717, 1.165) is 0 Å². The van der Waals surface area contributed by atoms with Crippen molar-refractivity contribution in [2.24, 2.45) is 0 Å². The van der Waals surface area contributed by atoms with Crippen LogP contribution in [0.5, 0.6) is 0 Å². The molecule has 8 nitrogen and oxygen atoms in total. The van der Waals surface area contributed by atoms with Crippen molar-refractivity contribution in [3.63, 3.8) is 0 Å². The number of furan rings is 1. The van der Waals surface area contributed by atoms with Crippen molar-refractivity contribution in [3.8, 4) is 5.82 Å². The number of hydrogen-bond acceptors (Lipinski definition) is 6. The number of nitrogens with one attached hydrogen (secondary N) is 1. The van der Waals surface area contributed by atoms with Crippen molar-refractivity contribution < 1.29 is 13.9 Å². The molecule has 24 heavy (non-hydrogen) atoms. The van der Waals surface area contributed by atoms with Crippen LogP contribution in [0.2, 0.25) is 0 Å². The van der Waals surface area contributed by atoms with Gasteiger partial charge in [-0.3, -0.25) is 9.36 Å². The highest BCUT2D eigenvalue weighted by molar-refractivity contribution is 6.01. The van der Waals surface area contributed by atoms with Crippen LogP contribution >= 0.6 is 0 Å². The first-order chi connectivity index (χ1) is 11.6. The summed E-state index contributed by atoms with van der Waals surface area (Å²) in [7, 11) is 0. The van der Waals surface area contributed by atoms with Gasteiger partial charge in [0.15, 0.2) is 5.76 Å². The number of imidazole rings is 1. The Morgan fingerprint density at radius 2 is 2.25 bits per heavy atom. The van der Waals surface area contributed by atoms with Gasteiger partial charge in [-0.1, -0.05) is 0 Å². The Hall–Kier alpha value is -3.00. The lowest BCUT2D eigenvalue weighted by Crippen LogP contribution is -2.12. The summed E-state index contributed by atoms with van der Waals surface area (Å²) in [5.41, 5.74) is 0. The molecule has 0 unspecified atom stereocenters. The molecule has 3 aromatic rings. The van der Waals surface area contributed by atoms with Crippen LogP contribution in [0.15, 0.2) is 47.7 Å². The third-order valence-electron chi connectivity index (χ3n) is 3.11. The zero-order valence-corrected chi connectivity index (χ0v) is 13.3. The van der Waals surface area contributed by atoms with Crippen LogP contribution in [0.1, 0.15) is 30.2 Å². The predicted molar refractivity (Wildman–Crippen MR) is 85.7 cm³/mol. The van der Waals surface area contributed by atoms with Crippen LogP contribution in [0.3, 0.4) is 0 Å². The summed E-state index contributed by atoms with van der Waals surface area (Å²) in [5, 5.41) is 2.68. The average Bonchev–Trinajstić information content (AvgIpc) is 3.25. The minimum absolute atomic E-state index is 0.0926. The molecule has 124 valence electrons. The van der Waals surface area contributed by atoms with Gasteiger partial charge in [0, 0.05) is 18.5 Å². The van der Waals surface area contributed by atoms with Crippen molar-refractivity contribution in [2.75, 3.05) is 5.32 Å². The SMILES string of the molecule is CC(C)OCc1ccc(C(=O)Nc2cc(-n3ccnc3)ncn2)o1. The Morgan fingerprint density at radius 3 is 3.00 bits per heavy atom. The van der Waals surface area contributed by atoms with Gasteiger partial charge in [-0.15, -0.1) is 0 Å². The fraction of sp³-hybridized carbons (Fsp3) is 0.250. The van der Waals surface area contributed by atoms with Gasteiger partial charge in [0.25, 0.3) is 5.91 Å². The number of aromatic nitrogens is 4. The molecule has 0 aliphatic heterocycles. The third-order valence-corrected chi connectivity index (χ3v) is 3.11. The molecule has 3 rings (SSSR count). The topological polar surface area (TPSA) is 95.1 Å². The molecule has 0 aromatic carbocycles. The number of anilines is 1. The standard InChI is InChI=1S/C16H17N5O3/c1-11(2)23-8-12-3-4-13(24-12)16(22)20-14-7-15(19-9-18-14)21-6-5-17-10-21/h3-7,9-11H,8H2,1-2H3,(H,18,19,20,22). The summed E-state index contributed by atoms with van der Waals surface area (Å²) < 4.78 is 12.6. The quantitative estimate of drug-likeness (QED) is 0.747. The van der Waals surface area contributed by atoms with E-state index in [0.29, 0.717) is 24.0 Å². The maximum absolute atomic E-state index is 12.2. The van der Waals surface area contributed by atoms with E-state index in [9.17, 15) is 4.79 Å². The average molecular weight is 327 g/mol. The van der Waals surface area contributed by atoms with Crippen LogP contribution < -0.4 is 5.32 Å². The second-order valence-corrected chi connectivity index (χ2v) is 5.31. The summed E-state index contributed by atoms with van der Waals surface area (Å²) in [6, 6.07) is 4.96. The van der Waals surface area contributed by atoms with Crippen molar-refractivity contribution in [3.05, 3.63) is 54.8 Å². The van der Waals surface area contributed by atoms with Gasteiger partial charge < -0.3 is 14.5 Å². The van der Waals surface area contributed by atoms with E-state index < -0.39 is 0 Å². The molecule has 0 aliphatic carbocycles. The number of carbonyl (C=O) groups excluding carboxylic acids is 1. The maximum atomic E-state index is 12.2. The summed E-state index contributed by atoms with van der Waals surface area (Å²) >= 11 is 0. The van der Waals surface area contributed by atoms with E-state index in [4.69, 9.17) is 9.15 Å². The Balaban J connectivity index is 1.68. The highest BCUT2D eigenvalue weighted by Gasteiger charge is 2.13. The molecular formula is C16H17N5O3. The van der Waals surface area contributed by atoms with Crippen LogP contribution in [0.4, 0.5) is 5.82 Å². The number of hydrogen-bond donors (Lipinski definition) is 1. The van der Waals surface area contributed by atoms with Crippen LogP contribution in [-0.2, 0) is 11.3 Å². The molecule has 1 N–H and O–H groups in total. The largest absolute Gasteiger partial charge is 0.453 e. The molecule has 3 aromatic heterocycles. The van der Waals surface area contributed by atoms with Gasteiger partial charge in [0.2, 0.25) is 0 Å². The van der Waals surface area contributed by atoms with Gasteiger partial charge in [0.1, 0.15) is 36.7 Å². The second-order valence-electron chi connectivity index (χ2n) is 5.31. The molecule has 0 saturated heterocycles.